The lowest BCUT2D eigenvalue weighted by molar-refractivity contribution is -0.114. The fourth-order valence-corrected chi connectivity index (χ4v) is 4.70. The van der Waals surface area contributed by atoms with E-state index < -0.39 is 0 Å². The van der Waals surface area contributed by atoms with Crippen molar-refractivity contribution in [2.24, 2.45) is 0 Å². The Morgan fingerprint density at radius 2 is 1.17 bits per heavy atom. The van der Waals surface area contributed by atoms with Crippen molar-refractivity contribution in [2.75, 3.05) is 47.2 Å². The summed E-state index contributed by atoms with van der Waals surface area (Å²) in [5, 5.41) is 8.58. The first-order valence-corrected chi connectivity index (χ1v) is 13.5. The summed E-state index contributed by atoms with van der Waals surface area (Å²) in [6.07, 6.45) is 0. The van der Waals surface area contributed by atoms with E-state index in [0.717, 1.165) is 35.5 Å². The Kier molecular flexibility index (Phi) is 8.41. The predicted octanol–water partition coefficient (Wildman–Crippen LogP) is 5.96. The fraction of sp³-hybridized carbons (Fsp3) is 0.182. The summed E-state index contributed by atoms with van der Waals surface area (Å²) in [5.41, 5.74) is 7.12. The van der Waals surface area contributed by atoms with Crippen molar-refractivity contribution in [1.82, 2.24) is 0 Å². The molecule has 1 fully saturated rings. The Balaban J connectivity index is 1.23. The average molecular weight is 549 g/mol. The Labute approximate surface area is 239 Å². The Hall–Kier alpha value is -4.95. The highest BCUT2D eigenvalue weighted by atomic mass is 16.5. The van der Waals surface area contributed by atoms with E-state index in [1.807, 2.05) is 61.5 Å². The van der Waals surface area contributed by atoms with Gasteiger partial charge >= 0.3 is 0 Å². The minimum Gasteiger partial charge on any atom is -0.378 e. The van der Waals surface area contributed by atoms with Gasteiger partial charge < -0.3 is 25.6 Å². The Morgan fingerprint density at radius 1 is 0.659 bits per heavy atom. The molecule has 8 heteroatoms. The number of anilines is 4. The van der Waals surface area contributed by atoms with E-state index in [1.54, 1.807) is 36.4 Å². The number of hydrogen-bond acceptors (Lipinski definition) is 5. The SMILES string of the molecule is CC(=O)Nc1ccc(NC(=O)c2ccc(-c3cc(NC(=O)c4ccc(N5CCOCC5)cc4)ccc3C)cc2)cc1. The van der Waals surface area contributed by atoms with Gasteiger partial charge in [-0.25, -0.2) is 0 Å². The number of nitrogens with one attached hydrogen (secondary N) is 3. The summed E-state index contributed by atoms with van der Waals surface area (Å²) in [4.78, 5) is 39.2. The molecule has 3 amide bonds. The lowest BCUT2D eigenvalue weighted by atomic mass is 9.98. The first kappa shape index (κ1) is 27.6. The van der Waals surface area contributed by atoms with Crippen LogP contribution in [0.3, 0.4) is 0 Å². The first-order chi connectivity index (χ1) is 19.9. The second-order valence-electron chi connectivity index (χ2n) is 9.92. The van der Waals surface area contributed by atoms with Gasteiger partial charge in [0.15, 0.2) is 0 Å². The number of morpholine rings is 1. The van der Waals surface area contributed by atoms with Crippen LogP contribution in [0.4, 0.5) is 22.7 Å². The predicted molar refractivity (Wildman–Crippen MR) is 163 cm³/mol. The molecule has 1 heterocycles. The molecule has 8 nitrogen and oxygen atoms in total. The monoisotopic (exact) mass is 548 g/mol. The van der Waals surface area contributed by atoms with Gasteiger partial charge in [-0.1, -0.05) is 18.2 Å². The van der Waals surface area contributed by atoms with Crippen LogP contribution in [-0.4, -0.2) is 44.0 Å². The van der Waals surface area contributed by atoms with Gasteiger partial charge in [-0.15, -0.1) is 0 Å². The van der Waals surface area contributed by atoms with E-state index >= 15 is 0 Å². The summed E-state index contributed by atoms with van der Waals surface area (Å²) in [5.74, 6) is -0.564. The molecule has 1 aliphatic rings. The van der Waals surface area contributed by atoms with E-state index in [0.29, 0.717) is 41.4 Å². The quantitative estimate of drug-likeness (QED) is 0.265. The molecule has 0 unspecified atom stereocenters. The minimum absolute atomic E-state index is 0.153. The molecule has 3 N–H and O–H groups in total. The maximum atomic E-state index is 13.0. The lowest BCUT2D eigenvalue weighted by Crippen LogP contribution is -2.36. The summed E-state index contributed by atoms with van der Waals surface area (Å²) in [6, 6.07) is 27.7. The van der Waals surface area contributed by atoms with E-state index in [2.05, 4.69) is 20.9 Å². The molecule has 1 aliphatic heterocycles. The standard InChI is InChI=1S/C33H32N4O4/c1-22-3-10-29(36-33(40)26-8-15-30(16-9-26)37-17-19-41-20-18-37)21-31(22)24-4-6-25(7-5-24)32(39)35-28-13-11-27(12-14-28)34-23(2)38/h3-16,21H,17-20H2,1-2H3,(H,34,38)(H,35,39)(H,36,40). The highest BCUT2D eigenvalue weighted by Gasteiger charge is 2.14. The Morgan fingerprint density at radius 3 is 1.76 bits per heavy atom. The molecule has 41 heavy (non-hydrogen) atoms. The Bertz CT molecular complexity index is 1540. The zero-order chi connectivity index (χ0) is 28.8. The zero-order valence-electron chi connectivity index (χ0n) is 23.1. The smallest absolute Gasteiger partial charge is 0.255 e. The molecule has 0 radical (unpaired) electrons. The van der Waals surface area contributed by atoms with Crippen LogP contribution >= 0.6 is 0 Å². The average Bonchev–Trinajstić information content (AvgIpc) is 2.99. The number of aryl methyl sites for hydroxylation is 1. The number of ether oxygens (including phenoxy) is 1. The molecule has 4 aromatic rings. The first-order valence-electron chi connectivity index (χ1n) is 13.5. The number of amides is 3. The zero-order valence-corrected chi connectivity index (χ0v) is 23.1. The number of hydrogen-bond donors (Lipinski definition) is 3. The van der Waals surface area contributed by atoms with Crippen LogP contribution in [0.15, 0.2) is 91.0 Å². The van der Waals surface area contributed by atoms with Crippen LogP contribution in [-0.2, 0) is 9.53 Å². The summed E-state index contributed by atoms with van der Waals surface area (Å²) < 4.78 is 5.42. The number of nitrogens with zero attached hydrogens (tertiary/aromatic N) is 1. The third kappa shape index (κ3) is 6.98. The molecule has 4 aromatic carbocycles. The number of benzene rings is 4. The van der Waals surface area contributed by atoms with Gasteiger partial charge in [-0.2, -0.15) is 0 Å². The summed E-state index contributed by atoms with van der Waals surface area (Å²) >= 11 is 0. The largest absolute Gasteiger partial charge is 0.378 e. The van der Waals surface area contributed by atoms with E-state index in [4.69, 9.17) is 4.74 Å². The van der Waals surface area contributed by atoms with Gasteiger partial charge in [-0.3, -0.25) is 14.4 Å². The summed E-state index contributed by atoms with van der Waals surface area (Å²) in [7, 11) is 0. The molecule has 0 atom stereocenters. The van der Waals surface area contributed by atoms with Crippen molar-refractivity contribution in [3.05, 3.63) is 108 Å². The molecule has 0 aromatic heterocycles. The molecule has 0 saturated carbocycles. The van der Waals surface area contributed by atoms with Crippen molar-refractivity contribution in [2.45, 2.75) is 13.8 Å². The molecule has 0 spiro atoms. The van der Waals surface area contributed by atoms with Crippen molar-refractivity contribution in [1.29, 1.82) is 0 Å². The second kappa shape index (κ2) is 12.5. The third-order valence-corrected chi connectivity index (χ3v) is 6.92. The van der Waals surface area contributed by atoms with E-state index in [9.17, 15) is 14.4 Å². The highest BCUT2D eigenvalue weighted by Crippen LogP contribution is 2.28. The second-order valence-corrected chi connectivity index (χ2v) is 9.92. The van der Waals surface area contributed by atoms with Crippen LogP contribution in [0.25, 0.3) is 11.1 Å². The molecule has 5 rings (SSSR count). The molecular weight excluding hydrogens is 516 g/mol. The maximum absolute atomic E-state index is 13.0. The van der Waals surface area contributed by atoms with Crippen molar-refractivity contribution >= 4 is 40.5 Å². The maximum Gasteiger partial charge on any atom is 0.255 e. The number of carbonyl (C=O) groups excluding carboxylic acids is 3. The van der Waals surface area contributed by atoms with Gasteiger partial charge in [0.25, 0.3) is 11.8 Å². The number of rotatable bonds is 7. The van der Waals surface area contributed by atoms with Crippen LogP contribution in [0.2, 0.25) is 0 Å². The normalized spacial score (nSPS) is 12.9. The summed E-state index contributed by atoms with van der Waals surface area (Å²) in [6.45, 7) is 6.57. The molecule has 1 saturated heterocycles. The number of carbonyl (C=O) groups is 3. The van der Waals surface area contributed by atoms with Gasteiger partial charge in [0, 0.05) is 53.9 Å². The van der Waals surface area contributed by atoms with Gasteiger partial charge in [-0.05, 0) is 96.4 Å². The van der Waals surface area contributed by atoms with Gasteiger partial charge in [0.1, 0.15) is 0 Å². The molecule has 0 bridgehead atoms. The highest BCUT2D eigenvalue weighted by molar-refractivity contribution is 6.05. The lowest BCUT2D eigenvalue weighted by Gasteiger charge is -2.28. The van der Waals surface area contributed by atoms with Crippen LogP contribution in [0.5, 0.6) is 0 Å². The van der Waals surface area contributed by atoms with Crippen molar-refractivity contribution in [3.63, 3.8) is 0 Å². The van der Waals surface area contributed by atoms with Crippen molar-refractivity contribution < 1.29 is 19.1 Å². The fourth-order valence-electron chi connectivity index (χ4n) is 4.70. The molecule has 208 valence electrons. The van der Waals surface area contributed by atoms with Crippen LogP contribution < -0.4 is 20.9 Å². The van der Waals surface area contributed by atoms with Crippen molar-refractivity contribution in [3.8, 4) is 11.1 Å². The minimum atomic E-state index is -0.235. The van der Waals surface area contributed by atoms with Gasteiger partial charge in [0.05, 0.1) is 13.2 Å². The molecule has 0 aliphatic carbocycles. The van der Waals surface area contributed by atoms with E-state index in [1.165, 1.54) is 6.92 Å². The van der Waals surface area contributed by atoms with E-state index in [-0.39, 0.29) is 17.7 Å². The molecular formula is C33H32N4O4. The topological polar surface area (TPSA) is 99.8 Å². The third-order valence-electron chi connectivity index (χ3n) is 6.92. The van der Waals surface area contributed by atoms with Gasteiger partial charge in [0.2, 0.25) is 5.91 Å². The van der Waals surface area contributed by atoms with Crippen LogP contribution in [0, 0.1) is 6.92 Å². The van der Waals surface area contributed by atoms with Crippen LogP contribution in [0.1, 0.15) is 33.2 Å².